The minimum Gasteiger partial charge on any atom is -0.459 e. The molecule has 1 aromatic carbocycles. The predicted molar refractivity (Wildman–Crippen MR) is 107 cm³/mol. The van der Waals surface area contributed by atoms with Gasteiger partial charge in [-0.3, -0.25) is 14.4 Å². The minimum atomic E-state index is -0.947. The lowest BCUT2D eigenvalue weighted by molar-refractivity contribution is -0.149. The van der Waals surface area contributed by atoms with Gasteiger partial charge in [-0.2, -0.15) is 0 Å². The van der Waals surface area contributed by atoms with Crippen LogP contribution in [0.2, 0.25) is 0 Å². The summed E-state index contributed by atoms with van der Waals surface area (Å²) in [6, 6.07) is 7.44. The van der Waals surface area contributed by atoms with Crippen molar-refractivity contribution in [2.24, 2.45) is 17.4 Å². The fourth-order valence-corrected chi connectivity index (χ4v) is 2.49. The van der Waals surface area contributed by atoms with Gasteiger partial charge < -0.3 is 26.8 Å². The van der Waals surface area contributed by atoms with Gasteiger partial charge in [0.05, 0.1) is 12.6 Å². The van der Waals surface area contributed by atoms with Gasteiger partial charge in [0.25, 0.3) is 0 Å². The van der Waals surface area contributed by atoms with E-state index in [0.717, 1.165) is 5.56 Å². The van der Waals surface area contributed by atoms with Crippen LogP contribution in [0.25, 0.3) is 0 Å². The fourth-order valence-electron chi connectivity index (χ4n) is 2.49. The third kappa shape index (κ3) is 10.2. The average Bonchev–Trinajstić information content (AvgIpc) is 2.68. The summed E-state index contributed by atoms with van der Waals surface area (Å²) in [7, 11) is 0. The number of hydrogen-bond donors (Lipinski definition) is 4. The van der Waals surface area contributed by atoms with Crippen LogP contribution in [0.3, 0.4) is 0 Å². The first-order chi connectivity index (χ1) is 13.7. The van der Waals surface area contributed by atoms with E-state index in [9.17, 15) is 19.2 Å². The van der Waals surface area contributed by atoms with Crippen LogP contribution in [0, 0.1) is 5.92 Å². The average molecular weight is 406 g/mol. The second kappa shape index (κ2) is 12.5. The highest BCUT2D eigenvalue weighted by Gasteiger charge is 2.24. The number of rotatable bonds is 12. The Labute approximate surface area is 170 Å². The quantitative estimate of drug-likeness (QED) is 0.358. The molecule has 1 aromatic rings. The Bertz CT molecular complexity index is 693. The fraction of sp³-hybridized carbons (Fsp3) is 0.500. The topological polar surface area (TPSA) is 154 Å². The third-order valence-corrected chi connectivity index (χ3v) is 4.01. The number of carbonyl (C=O) groups excluding carboxylic acids is 4. The van der Waals surface area contributed by atoms with Gasteiger partial charge in [0.1, 0.15) is 12.6 Å². The number of benzene rings is 1. The molecule has 0 heterocycles. The maximum Gasteiger partial charge on any atom is 0.328 e. The maximum absolute atomic E-state index is 12.4. The molecule has 0 bridgehead atoms. The van der Waals surface area contributed by atoms with Crippen molar-refractivity contribution in [3.05, 3.63) is 35.9 Å². The van der Waals surface area contributed by atoms with E-state index in [0.29, 0.717) is 6.42 Å². The van der Waals surface area contributed by atoms with Crippen LogP contribution in [-0.2, 0) is 30.5 Å². The lowest BCUT2D eigenvalue weighted by Gasteiger charge is -2.20. The standard InChI is InChI=1S/C20H30N4O5/c1-13(2)10-16(20(28)29-12-14-6-4-3-5-7-14)24-18(26)11-23-19(27)15(21)8-9-17(22)25/h3-7,13,15-16H,8-12,21H2,1-2H3,(H2,22,25)(H,23,27)(H,24,26)/t15?,16-/m0/s1. The molecule has 160 valence electrons. The van der Waals surface area contributed by atoms with Crippen LogP contribution in [-0.4, -0.2) is 42.3 Å². The monoisotopic (exact) mass is 406 g/mol. The molecule has 0 saturated carbocycles. The lowest BCUT2D eigenvalue weighted by atomic mass is 10.0. The minimum absolute atomic E-state index is 0.0233. The predicted octanol–water partition coefficient (Wildman–Crippen LogP) is -0.0303. The van der Waals surface area contributed by atoms with Crippen LogP contribution in [0.4, 0.5) is 0 Å². The van der Waals surface area contributed by atoms with E-state index < -0.39 is 35.8 Å². The van der Waals surface area contributed by atoms with Crippen molar-refractivity contribution >= 4 is 23.7 Å². The molecule has 6 N–H and O–H groups in total. The van der Waals surface area contributed by atoms with Gasteiger partial charge in [-0.05, 0) is 24.3 Å². The van der Waals surface area contributed by atoms with E-state index in [-0.39, 0.29) is 31.9 Å². The van der Waals surface area contributed by atoms with Gasteiger partial charge in [0.15, 0.2) is 0 Å². The molecule has 0 fully saturated rings. The molecule has 0 spiro atoms. The van der Waals surface area contributed by atoms with E-state index in [2.05, 4.69) is 10.6 Å². The van der Waals surface area contributed by atoms with E-state index in [1.54, 1.807) is 0 Å². The number of hydrogen-bond acceptors (Lipinski definition) is 6. The van der Waals surface area contributed by atoms with E-state index in [4.69, 9.17) is 16.2 Å². The van der Waals surface area contributed by atoms with Crippen LogP contribution in [0.1, 0.15) is 38.7 Å². The van der Waals surface area contributed by atoms with Gasteiger partial charge in [-0.15, -0.1) is 0 Å². The summed E-state index contributed by atoms with van der Waals surface area (Å²) in [6.07, 6.45) is 0.459. The van der Waals surface area contributed by atoms with Crippen LogP contribution >= 0.6 is 0 Å². The highest BCUT2D eigenvalue weighted by atomic mass is 16.5. The van der Waals surface area contributed by atoms with Gasteiger partial charge >= 0.3 is 5.97 Å². The van der Waals surface area contributed by atoms with Crippen molar-refractivity contribution in [2.45, 2.75) is 51.8 Å². The zero-order chi connectivity index (χ0) is 21.8. The molecule has 9 heteroatoms. The molecule has 9 nitrogen and oxygen atoms in total. The number of nitrogens with two attached hydrogens (primary N) is 2. The molecular weight excluding hydrogens is 376 g/mol. The summed E-state index contributed by atoms with van der Waals surface area (Å²) >= 11 is 0. The van der Waals surface area contributed by atoms with Gasteiger partial charge in [-0.25, -0.2) is 4.79 Å². The Hall–Kier alpha value is -2.94. The first kappa shape index (κ1) is 24.1. The number of nitrogens with one attached hydrogen (secondary N) is 2. The number of ether oxygens (including phenoxy) is 1. The molecule has 3 amide bonds. The first-order valence-electron chi connectivity index (χ1n) is 9.50. The SMILES string of the molecule is CC(C)C[C@H](NC(=O)CNC(=O)C(N)CCC(N)=O)C(=O)OCc1ccccc1. The molecule has 1 unspecified atom stereocenters. The smallest absolute Gasteiger partial charge is 0.328 e. The normalized spacial score (nSPS) is 12.7. The van der Waals surface area contributed by atoms with Gasteiger partial charge in [-0.1, -0.05) is 44.2 Å². The van der Waals surface area contributed by atoms with Crippen molar-refractivity contribution in [3.8, 4) is 0 Å². The zero-order valence-corrected chi connectivity index (χ0v) is 16.9. The van der Waals surface area contributed by atoms with Crippen LogP contribution < -0.4 is 22.1 Å². The molecule has 0 aliphatic carbocycles. The molecule has 0 aromatic heterocycles. The van der Waals surface area contributed by atoms with Crippen molar-refractivity contribution in [3.63, 3.8) is 0 Å². The summed E-state index contributed by atoms with van der Waals surface area (Å²) in [6.45, 7) is 3.60. The van der Waals surface area contributed by atoms with E-state index in [1.807, 2.05) is 44.2 Å². The Kier molecular flexibility index (Phi) is 10.4. The lowest BCUT2D eigenvalue weighted by Crippen LogP contribution is -2.49. The Morgan fingerprint density at radius 2 is 1.76 bits per heavy atom. The van der Waals surface area contributed by atoms with Gasteiger partial charge in [0.2, 0.25) is 17.7 Å². The molecule has 0 radical (unpaired) electrons. The number of esters is 1. The van der Waals surface area contributed by atoms with Crippen molar-refractivity contribution in [1.29, 1.82) is 0 Å². The van der Waals surface area contributed by atoms with E-state index in [1.165, 1.54) is 0 Å². The highest BCUT2D eigenvalue weighted by Crippen LogP contribution is 2.08. The largest absolute Gasteiger partial charge is 0.459 e. The summed E-state index contributed by atoms with van der Waals surface area (Å²) in [5.74, 6) is -2.07. The molecule has 29 heavy (non-hydrogen) atoms. The van der Waals surface area contributed by atoms with Crippen molar-refractivity contribution in [1.82, 2.24) is 10.6 Å². The Morgan fingerprint density at radius 3 is 2.34 bits per heavy atom. The number of amides is 3. The second-order valence-electron chi connectivity index (χ2n) is 7.17. The van der Waals surface area contributed by atoms with Crippen molar-refractivity contribution in [2.75, 3.05) is 6.54 Å². The zero-order valence-electron chi connectivity index (χ0n) is 16.9. The first-order valence-corrected chi connectivity index (χ1v) is 9.50. The molecule has 1 rings (SSSR count). The summed E-state index contributed by atoms with van der Waals surface area (Å²) < 4.78 is 5.31. The summed E-state index contributed by atoms with van der Waals surface area (Å²) in [4.78, 5) is 47.1. The van der Waals surface area contributed by atoms with Crippen LogP contribution in [0.5, 0.6) is 0 Å². The molecule has 0 aliphatic rings. The molecular formula is C20H30N4O5. The number of carbonyl (C=O) groups is 4. The molecule has 2 atom stereocenters. The summed E-state index contributed by atoms with van der Waals surface area (Å²) in [5, 5.41) is 4.97. The third-order valence-electron chi connectivity index (χ3n) is 4.01. The molecule has 0 saturated heterocycles. The van der Waals surface area contributed by atoms with Crippen LogP contribution in [0.15, 0.2) is 30.3 Å². The summed E-state index contributed by atoms with van der Waals surface area (Å²) in [5.41, 5.74) is 11.5. The van der Waals surface area contributed by atoms with Crippen molar-refractivity contribution < 1.29 is 23.9 Å². The van der Waals surface area contributed by atoms with E-state index >= 15 is 0 Å². The molecule has 0 aliphatic heterocycles. The maximum atomic E-state index is 12.4. The number of primary amides is 1. The second-order valence-corrected chi connectivity index (χ2v) is 7.17. The van der Waals surface area contributed by atoms with Gasteiger partial charge in [0, 0.05) is 6.42 Å². The Balaban J connectivity index is 2.51. The Morgan fingerprint density at radius 1 is 1.10 bits per heavy atom. The highest BCUT2D eigenvalue weighted by molar-refractivity contribution is 5.90.